The summed E-state index contributed by atoms with van der Waals surface area (Å²) < 4.78 is 0. The fourth-order valence-corrected chi connectivity index (χ4v) is 3.21. The SMILES string of the molecule is CC(CC(=O)N1CCC2(CCNCC2)C1)C(C)(C)C.Cl. The number of likely N-dealkylation sites (tertiary alicyclic amines) is 1. The Kier molecular flexibility index (Phi) is 5.91. The van der Waals surface area contributed by atoms with Gasteiger partial charge in [-0.05, 0) is 49.1 Å². The summed E-state index contributed by atoms with van der Waals surface area (Å²) in [5.41, 5.74) is 0.660. The fourth-order valence-electron chi connectivity index (χ4n) is 3.21. The zero-order valence-electron chi connectivity index (χ0n) is 13.5. The number of hydrogen-bond donors (Lipinski definition) is 1. The first-order valence-electron chi connectivity index (χ1n) is 7.81. The van der Waals surface area contributed by atoms with Gasteiger partial charge in [0.1, 0.15) is 0 Å². The monoisotopic (exact) mass is 302 g/mol. The lowest BCUT2D eigenvalue weighted by atomic mass is 9.78. The normalized spacial score (nSPS) is 23.5. The van der Waals surface area contributed by atoms with E-state index in [4.69, 9.17) is 0 Å². The van der Waals surface area contributed by atoms with E-state index in [9.17, 15) is 4.79 Å². The van der Waals surface area contributed by atoms with Crippen molar-refractivity contribution < 1.29 is 4.79 Å². The highest BCUT2D eigenvalue weighted by Crippen LogP contribution is 2.39. The minimum absolute atomic E-state index is 0. The molecule has 1 amide bonds. The van der Waals surface area contributed by atoms with Crippen molar-refractivity contribution in [1.82, 2.24) is 10.2 Å². The van der Waals surface area contributed by atoms with E-state index in [0.717, 1.165) is 26.2 Å². The third-order valence-corrected chi connectivity index (χ3v) is 5.41. The van der Waals surface area contributed by atoms with Crippen LogP contribution in [0.2, 0.25) is 0 Å². The highest BCUT2D eigenvalue weighted by Gasteiger charge is 2.40. The van der Waals surface area contributed by atoms with Crippen LogP contribution in [0.15, 0.2) is 0 Å². The maximum absolute atomic E-state index is 12.4. The number of rotatable bonds is 2. The number of hydrogen-bond acceptors (Lipinski definition) is 2. The minimum Gasteiger partial charge on any atom is -0.342 e. The summed E-state index contributed by atoms with van der Waals surface area (Å²) in [6, 6.07) is 0. The van der Waals surface area contributed by atoms with E-state index in [1.165, 1.54) is 19.3 Å². The first kappa shape index (κ1) is 17.8. The molecule has 2 aliphatic heterocycles. The summed E-state index contributed by atoms with van der Waals surface area (Å²) in [7, 11) is 0. The van der Waals surface area contributed by atoms with E-state index in [1.807, 2.05) is 0 Å². The molecular weight excluding hydrogens is 272 g/mol. The van der Waals surface area contributed by atoms with E-state index in [1.54, 1.807) is 0 Å². The number of nitrogens with zero attached hydrogens (tertiary/aromatic N) is 1. The van der Waals surface area contributed by atoms with Gasteiger partial charge in [0.25, 0.3) is 0 Å². The first-order valence-corrected chi connectivity index (χ1v) is 7.81. The molecule has 2 fully saturated rings. The lowest BCUT2D eigenvalue weighted by Crippen LogP contribution is -2.40. The van der Waals surface area contributed by atoms with Crippen molar-refractivity contribution in [3.05, 3.63) is 0 Å². The van der Waals surface area contributed by atoms with Crippen LogP contribution in [-0.4, -0.2) is 37.0 Å². The van der Waals surface area contributed by atoms with Gasteiger partial charge in [-0.25, -0.2) is 0 Å². The number of nitrogens with one attached hydrogen (secondary N) is 1. The van der Waals surface area contributed by atoms with Crippen LogP contribution in [0.5, 0.6) is 0 Å². The molecule has 2 rings (SSSR count). The van der Waals surface area contributed by atoms with Gasteiger partial charge >= 0.3 is 0 Å². The molecular formula is C16H31ClN2O. The molecule has 0 saturated carbocycles. The van der Waals surface area contributed by atoms with E-state index in [0.29, 0.717) is 23.7 Å². The Morgan fingerprint density at radius 3 is 2.40 bits per heavy atom. The number of amides is 1. The number of piperidine rings is 1. The number of halogens is 1. The Morgan fingerprint density at radius 2 is 1.85 bits per heavy atom. The molecule has 1 N–H and O–H groups in total. The zero-order valence-corrected chi connectivity index (χ0v) is 14.3. The average molecular weight is 303 g/mol. The van der Waals surface area contributed by atoms with Gasteiger partial charge in [0.2, 0.25) is 5.91 Å². The van der Waals surface area contributed by atoms with Crippen molar-refractivity contribution >= 4 is 18.3 Å². The van der Waals surface area contributed by atoms with Crippen molar-refractivity contribution in [2.45, 2.75) is 53.4 Å². The molecule has 20 heavy (non-hydrogen) atoms. The summed E-state index contributed by atoms with van der Waals surface area (Å²) in [5.74, 6) is 0.822. The van der Waals surface area contributed by atoms with Gasteiger partial charge in [0.15, 0.2) is 0 Å². The van der Waals surface area contributed by atoms with Crippen LogP contribution in [0, 0.1) is 16.7 Å². The van der Waals surface area contributed by atoms with E-state index in [2.05, 4.69) is 37.9 Å². The van der Waals surface area contributed by atoms with Crippen LogP contribution in [0.25, 0.3) is 0 Å². The highest BCUT2D eigenvalue weighted by molar-refractivity contribution is 5.85. The summed E-state index contributed by atoms with van der Waals surface area (Å²) in [6.45, 7) is 13.1. The Bertz CT molecular complexity index is 332. The van der Waals surface area contributed by atoms with Crippen LogP contribution in [0.4, 0.5) is 0 Å². The van der Waals surface area contributed by atoms with E-state index >= 15 is 0 Å². The summed E-state index contributed by atoms with van der Waals surface area (Å²) in [5, 5.41) is 3.43. The minimum atomic E-state index is 0. The highest BCUT2D eigenvalue weighted by atomic mass is 35.5. The second-order valence-corrected chi connectivity index (χ2v) is 7.79. The summed E-state index contributed by atoms with van der Waals surface area (Å²) in [6.07, 6.45) is 4.40. The van der Waals surface area contributed by atoms with Gasteiger partial charge in [-0.2, -0.15) is 0 Å². The molecule has 2 aliphatic rings. The van der Waals surface area contributed by atoms with Gasteiger partial charge in [-0.3, -0.25) is 4.79 Å². The Labute approximate surface area is 130 Å². The van der Waals surface area contributed by atoms with Crippen LogP contribution in [0.1, 0.15) is 53.4 Å². The molecule has 2 saturated heterocycles. The predicted octanol–water partition coefficient (Wildman–Crippen LogP) is 3.08. The average Bonchev–Trinajstić information content (AvgIpc) is 2.73. The Balaban J connectivity index is 0.00000200. The van der Waals surface area contributed by atoms with Crippen LogP contribution < -0.4 is 5.32 Å². The van der Waals surface area contributed by atoms with Gasteiger partial charge < -0.3 is 10.2 Å². The topological polar surface area (TPSA) is 32.3 Å². The lowest BCUT2D eigenvalue weighted by molar-refractivity contribution is -0.132. The van der Waals surface area contributed by atoms with Crippen molar-refractivity contribution in [1.29, 1.82) is 0 Å². The molecule has 0 radical (unpaired) electrons. The molecule has 1 spiro atoms. The molecule has 3 nitrogen and oxygen atoms in total. The third-order valence-electron chi connectivity index (χ3n) is 5.41. The molecule has 0 aliphatic carbocycles. The Morgan fingerprint density at radius 1 is 1.25 bits per heavy atom. The molecule has 4 heteroatoms. The molecule has 118 valence electrons. The molecule has 0 aromatic heterocycles. The third kappa shape index (κ3) is 4.11. The molecule has 1 atom stereocenters. The van der Waals surface area contributed by atoms with E-state index < -0.39 is 0 Å². The van der Waals surface area contributed by atoms with Crippen molar-refractivity contribution in [3.63, 3.8) is 0 Å². The van der Waals surface area contributed by atoms with Crippen LogP contribution >= 0.6 is 12.4 Å². The van der Waals surface area contributed by atoms with Crippen LogP contribution in [0.3, 0.4) is 0 Å². The standard InChI is InChI=1S/C16H30N2O.ClH/c1-13(15(2,3)4)11-14(19)18-10-7-16(12-18)5-8-17-9-6-16;/h13,17H,5-12H2,1-4H3;1H. The molecule has 0 aromatic carbocycles. The van der Waals surface area contributed by atoms with Crippen molar-refractivity contribution in [2.24, 2.45) is 16.7 Å². The van der Waals surface area contributed by atoms with Gasteiger partial charge in [-0.15, -0.1) is 12.4 Å². The van der Waals surface area contributed by atoms with Gasteiger partial charge in [0.05, 0.1) is 0 Å². The number of carbonyl (C=O) groups is 1. The smallest absolute Gasteiger partial charge is 0.222 e. The van der Waals surface area contributed by atoms with Crippen LogP contribution in [-0.2, 0) is 4.79 Å². The number of carbonyl (C=O) groups excluding carboxylic acids is 1. The second kappa shape index (κ2) is 6.65. The lowest BCUT2D eigenvalue weighted by Gasteiger charge is -2.34. The quantitative estimate of drug-likeness (QED) is 0.850. The largest absolute Gasteiger partial charge is 0.342 e. The van der Waals surface area contributed by atoms with Crippen molar-refractivity contribution in [3.8, 4) is 0 Å². The molecule has 0 aromatic rings. The molecule has 1 unspecified atom stereocenters. The predicted molar refractivity (Wildman–Crippen MR) is 86.2 cm³/mol. The first-order chi connectivity index (χ1) is 8.82. The van der Waals surface area contributed by atoms with Gasteiger partial charge in [0, 0.05) is 19.5 Å². The van der Waals surface area contributed by atoms with Crippen molar-refractivity contribution in [2.75, 3.05) is 26.2 Å². The summed E-state index contributed by atoms with van der Waals surface area (Å²) >= 11 is 0. The fraction of sp³-hybridized carbons (Fsp3) is 0.938. The van der Waals surface area contributed by atoms with Gasteiger partial charge in [-0.1, -0.05) is 27.7 Å². The Hall–Kier alpha value is -0.280. The maximum Gasteiger partial charge on any atom is 0.222 e. The summed E-state index contributed by atoms with van der Waals surface area (Å²) in [4.78, 5) is 14.6. The van der Waals surface area contributed by atoms with E-state index in [-0.39, 0.29) is 17.8 Å². The maximum atomic E-state index is 12.4. The molecule has 2 heterocycles. The zero-order chi connectivity index (χ0) is 14.1. The second-order valence-electron chi connectivity index (χ2n) is 7.79. The molecule has 0 bridgehead atoms.